The molecule has 18 heavy (non-hydrogen) atoms. The Morgan fingerprint density at radius 1 is 1.44 bits per heavy atom. The number of carbonyl (C=O) groups excluding carboxylic acids is 1. The zero-order chi connectivity index (χ0) is 13.5. The summed E-state index contributed by atoms with van der Waals surface area (Å²) in [6.45, 7) is 1.12. The lowest BCUT2D eigenvalue weighted by atomic mass is 10.0. The van der Waals surface area contributed by atoms with Gasteiger partial charge in [0.1, 0.15) is 5.75 Å². The number of hydrogen-bond donors (Lipinski definition) is 3. The van der Waals surface area contributed by atoms with E-state index in [1.165, 1.54) is 25.5 Å². The molecule has 0 aliphatic heterocycles. The van der Waals surface area contributed by atoms with Gasteiger partial charge in [-0.1, -0.05) is 0 Å². The van der Waals surface area contributed by atoms with Crippen molar-refractivity contribution in [1.29, 1.82) is 0 Å². The smallest absolute Gasteiger partial charge is 0.271 e. The summed E-state index contributed by atoms with van der Waals surface area (Å²) in [6, 6.07) is 2.99. The molecule has 1 rings (SSSR count). The van der Waals surface area contributed by atoms with E-state index in [0.717, 1.165) is 0 Å². The van der Waals surface area contributed by atoms with Crippen LogP contribution in [0, 0.1) is 0 Å². The third-order valence-electron chi connectivity index (χ3n) is 2.41. The molecule has 0 aliphatic carbocycles. The van der Waals surface area contributed by atoms with Crippen LogP contribution in [0.5, 0.6) is 5.75 Å². The van der Waals surface area contributed by atoms with Crippen molar-refractivity contribution in [3.8, 4) is 5.75 Å². The van der Waals surface area contributed by atoms with Crippen LogP contribution in [0.3, 0.4) is 0 Å². The number of rotatable bonds is 5. The van der Waals surface area contributed by atoms with E-state index in [1.54, 1.807) is 6.92 Å². The minimum absolute atomic E-state index is 0.270. The van der Waals surface area contributed by atoms with Crippen LogP contribution in [-0.2, 0) is 13.2 Å². The van der Waals surface area contributed by atoms with E-state index < -0.39 is 5.91 Å². The lowest BCUT2D eigenvalue weighted by Crippen LogP contribution is -2.18. The van der Waals surface area contributed by atoms with Gasteiger partial charge in [-0.3, -0.25) is 4.79 Å². The molecular formula is C12H16N2O4. The third-order valence-corrected chi connectivity index (χ3v) is 2.41. The van der Waals surface area contributed by atoms with Crippen LogP contribution in [-0.4, -0.2) is 29.4 Å². The zero-order valence-corrected chi connectivity index (χ0v) is 10.3. The second-order valence-corrected chi connectivity index (χ2v) is 3.46. The Kier molecular flexibility index (Phi) is 5.29. The lowest BCUT2D eigenvalue weighted by Gasteiger charge is -2.12. The summed E-state index contributed by atoms with van der Waals surface area (Å²) in [6.07, 6.45) is 1.45. The second-order valence-electron chi connectivity index (χ2n) is 3.46. The van der Waals surface area contributed by atoms with Gasteiger partial charge in [-0.25, -0.2) is 5.43 Å². The summed E-state index contributed by atoms with van der Waals surface area (Å²) in [5.74, 6) is -0.0553. The largest absolute Gasteiger partial charge is 0.496 e. The maximum absolute atomic E-state index is 11.7. The number of aliphatic hydroxyl groups is 2. The Morgan fingerprint density at radius 2 is 2.17 bits per heavy atom. The SMILES string of the molecule is CC=NNC(=O)c1cc(CO)c(CO)c(OC)c1. The Labute approximate surface area is 105 Å². The van der Waals surface area contributed by atoms with E-state index in [-0.39, 0.29) is 13.2 Å². The van der Waals surface area contributed by atoms with E-state index in [4.69, 9.17) is 4.74 Å². The molecule has 0 saturated carbocycles. The molecule has 0 heterocycles. The summed E-state index contributed by atoms with van der Waals surface area (Å²) >= 11 is 0. The van der Waals surface area contributed by atoms with E-state index in [9.17, 15) is 15.0 Å². The highest BCUT2D eigenvalue weighted by atomic mass is 16.5. The summed E-state index contributed by atoms with van der Waals surface area (Å²) in [5.41, 5.74) is 3.54. The molecule has 1 aromatic carbocycles. The van der Waals surface area contributed by atoms with Crippen molar-refractivity contribution in [3.05, 3.63) is 28.8 Å². The molecule has 3 N–H and O–H groups in total. The van der Waals surface area contributed by atoms with Gasteiger partial charge < -0.3 is 14.9 Å². The van der Waals surface area contributed by atoms with Crippen molar-refractivity contribution in [3.63, 3.8) is 0 Å². The number of hydrogen-bond acceptors (Lipinski definition) is 5. The third kappa shape index (κ3) is 3.06. The normalized spacial score (nSPS) is 10.7. The zero-order valence-electron chi connectivity index (χ0n) is 10.3. The average Bonchev–Trinajstić information content (AvgIpc) is 2.42. The van der Waals surface area contributed by atoms with Crippen molar-refractivity contribution < 1.29 is 19.7 Å². The monoisotopic (exact) mass is 252 g/mol. The highest BCUT2D eigenvalue weighted by molar-refractivity contribution is 5.95. The molecular weight excluding hydrogens is 236 g/mol. The van der Waals surface area contributed by atoms with Crippen LogP contribution in [0.1, 0.15) is 28.4 Å². The molecule has 0 bridgehead atoms. The van der Waals surface area contributed by atoms with Crippen LogP contribution in [0.2, 0.25) is 0 Å². The van der Waals surface area contributed by atoms with Crippen LogP contribution in [0.4, 0.5) is 0 Å². The summed E-state index contributed by atoms with van der Waals surface area (Å²) in [7, 11) is 1.43. The molecule has 0 spiro atoms. The summed E-state index contributed by atoms with van der Waals surface area (Å²) in [5, 5.41) is 22.1. The molecule has 6 nitrogen and oxygen atoms in total. The molecule has 0 unspecified atom stereocenters. The first kappa shape index (κ1) is 14.1. The van der Waals surface area contributed by atoms with Gasteiger partial charge in [-0.2, -0.15) is 5.10 Å². The first-order valence-corrected chi connectivity index (χ1v) is 5.37. The van der Waals surface area contributed by atoms with E-state index in [2.05, 4.69) is 10.5 Å². The fraction of sp³-hybridized carbons (Fsp3) is 0.333. The quantitative estimate of drug-likeness (QED) is 0.523. The van der Waals surface area contributed by atoms with Gasteiger partial charge in [-0.15, -0.1) is 0 Å². The maximum atomic E-state index is 11.7. The number of carbonyl (C=O) groups is 1. The highest BCUT2D eigenvalue weighted by Gasteiger charge is 2.14. The minimum Gasteiger partial charge on any atom is -0.496 e. The summed E-state index contributed by atoms with van der Waals surface area (Å²) < 4.78 is 5.08. The maximum Gasteiger partial charge on any atom is 0.271 e. The van der Waals surface area contributed by atoms with Crippen LogP contribution >= 0.6 is 0 Å². The number of nitrogens with one attached hydrogen (secondary N) is 1. The summed E-state index contributed by atoms with van der Waals surface area (Å²) in [4.78, 5) is 11.7. The van der Waals surface area contributed by atoms with Crippen molar-refractivity contribution in [1.82, 2.24) is 5.43 Å². The van der Waals surface area contributed by atoms with Crippen molar-refractivity contribution in [2.75, 3.05) is 7.11 Å². The van der Waals surface area contributed by atoms with E-state index >= 15 is 0 Å². The van der Waals surface area contributed by atoms with Gasteiger partial charge in [-0.05, 0) is 24.6 Å². The van der Waals surface area contributed by atoms with Gasteiger partial charge in [0.2, 0.25) is 0 Å². The van der Waals surface area contributed by atoms with Gasteiger partial charge in [0.05, 0.1) is 20.3 Å². The molecule has 98 valence electrons. The molecule has 0 saturated heterocycles. The molecule has 1 amide bonds. The Hall–Kier alpha value is -1.92. The van der Waals surface area contributed by atoms with Crippen molar-refractivity contribution in [2.45, 2.75) is 20.1 Å². The number of nitrogens with zero attached hydrogens (tertiary/aromatic N) is 1. The Balaban J connectivity index is 3.18. The number of benzene rings is 1. The average molecular weight is 252 g/mol. The number of methoxy groups -OCH3 is 1. The van der Waals surface area contributed by atoms with Crippen LogP contribution in [0.15, 0.2) is 17.2 Å². The number of amides is 1. The molecule has 1 aromatic rings. The topological polar surface area (TPSA) is 91.2 Å². The van der Waals surface area contributed by atoms with Crippen LogP contribution in [0.25, 0.3) is 0 Å². The first-order chi connectivity index (χ1) is 8.67. The number of ether oxygens (including phenoxy) is 1. The number of aliphatic hydroxyl groups excluding tert-OH is 2. The molecule has 0 atom stereocenters. The van der Waals surface area contributed by atoms with Crippen molar-refractivity contribution in [2.24, 2.45) is 5.10 Å². The van der Waals surface area contributed by atoms with E-state index in [1.807, 2.05) is 0 Å². The highest BCUT2D eigenvalue weighted by Crippen LogP contribution is 2.25. The van der Waals surface area contributed by atoms with Crippen molar-refractivity contribution >= 4 is 12.1 Å². The minimum atomic E-state index is -0.411. The fourth-order valence-corrected chi connectivity index (χ4v) is 1.52. The Morgan fingerprint density at radius 3 is 2.67 bits per heavy atom. The molecule has 0 fully saturated rings. The predicted molar refractivity (Wildman–Crippen MR) is 66.5 cm³/mol. The van der Waals surface area contributed by atoms with Gasteiger partial charge >= 0.3 is 0 Å². The molecule has 0 aliphatic rings. The fourth-order valence-electron chi connectivity index (χ4n) is 1.52. The lowest BCUT2D eigenvalue weighted by molar-refractivity contribution is 0.0954. The van der Waals surface area contributed by atoms with Gasteiger partial charge in [0.15, 0.2) is 0 Å². The van der Waals surface area contributed by atoms with Gasteiger partial charge in [0.25, 0.3) is 5.91 Å². The van der Waals surface area contributed by atoms with Gasteiger partial charge in [0, 0.05) is 17.3 Å². The Bertz CT molecular complexity index is 432. The standard InChI is InChI=1S/C12H16N2O4/c1-3-13-14-12(17)8-4-9(6-15)10(7-16)11(5-8)18-2/h3-5,15-16H,6-7H2,1-2H3,(H,14,17). The molecule has 6 heteroatoms. The van der Waals surface area contributed by atoms with Crippen LogP contribution < -0.4 is 10.2 Å². The predicted octanol–water partition coefficient (Wildman–Crippen LogP) is 0.415. The second kappa shape index (κ2) is 6.73. The first-order valence-electron chi connectivity index (χ1n) is 5.37. The van der Waals surface area contributed by atoms with E-state index in [0.29, 0.717) is 22.4 Å². The number of hydrazone groups is 1. The molecule has 0 aromatic heterocycles. The molecule has 0 radical (unpaired) electrons.